The summed E-state index contributed by atoms with van der Waals surface area (Å²) in [5.74, 6) is -0.0469. The molecular formula is C18H21BrN2OS. The molecule has 5 heteroatoms. The minimum Gasteiger partial charge on any atom is -0.371 e. The normalized spacial score (nSPS) is 14.3. The third-order valence-electron chi connectivity index (χ3n) is 4.42. The predicted octanol–water partition coefficient (Wildman–Crippen LogP) is 5.29. The number of anilines is 2. The molecule has 0 unspecified atom stereocenters. The Morgan fingerprint density at radius 1 is 1.22 bits per heavy atom. The number of halogens is 1. The lowest BCUT2D eigenvalue weighted by molar-refractivity contribution is 0.102. The second-order valence-corrected chi connectivity index (χ2v) is 7.88. The third kappa shape index (κ3) is 3.17. The van der Waals surface area contributed by atoms with Crippen molar-refractivity contribution in [3.63, 3.8) is 0 Å². The van der Waals surface area contributed by atoms with E-state index in [1.807, 2.05) is 11.4 Å². The number of amides is 1. The van der Waals surface area contributed by atoms with E-state index in [9.17, 15) is 4.79 Å². The molecule has 1 N–H and O–H groups in total. The SMILES string of the molecule is Cc1cc(C)c(N2CCCC2)c(C)c1NC(=O)c1sccc1Br. The average molecular weight is 393 g/mol. The van der Waals surface area contributed by atoms with E-state index in [0.29, 0.717) is 4.88 Å². The van der Waals surface area contributed by atoms with Gasteiger partial charge in [0.25, 0.3) is 5.91 Å². The van der Waals surface area contributed by atoms with Crippen LogP contribution >= 0.6 is 27.3 Å². The highest BCUT2D eigenvalue weighted by Crippen LogP contribution is 2.36. The van der Waals surface area contributed by atoms with Gasteiger partial charge in [0.2, 0.25) is 0 Å². The van der Waals surface area contributed by atoms with E-state index in [2.05, 4.69) is 53.0 Å². The van der Waals surface area contributed by atoms with E-state index >= 15 is 0 Å². The van der Waals surface area contributed by atoms with Gasteiger partial charge in [-0.15, -0.1) is 11.3 Å². The summed E-state index contributed by atoms with van der Waals surface area (Å²) in [5, 5.41) is 5.05. The van der Waals surface area contributed by atoms with Gasteiger partial charge in [-0.3, -0.25) is 4.79 Å². The molecule has 0 radical (unpaired) electrons. The van der Waals surface area contributed by atoms with E-state index in [1.54, 1.807) is 0 Å². The molecule has 3 rings (SSSR count). The maximum Gasteiger partial charge on any atom is 0.266 e. The smallest absolute Gasteiger partial charge is 0.266 e. The molecule has 1 fully saturated rings. The second kappa shape index (κ2) is 6.65. The Balaban J connectivity index is 1.97. The number of benzene rings is 1. The van der Waals surface area contributed by atoms with Gasteiger partial charge >= 0.3 is 0 Å². The monoisotopic (exact) mass is 392 g/mol. The van der Waals surface area contributed by atoms with Crippen LogP contribution in [0.15, 0.2) is 22.0 Å². The Kier molecular flexibility index (Phi) is 4.78. The van der Waals surface area contributed by atoms with Gasteiger partial charge in [0, 0.05) is 28.9 Å². The zero-order chi connectivity index (χ0) is 16.6. The number of nitrogens with zero attached hydrogens (tertiary/aromatic N) is 1. The molecule has 1 aromatic carbocycles. The molecular weight excluding hydrogens is 372 g/mol. The third-order valence-corrected chi connectivity index (χ3v) is 6.25. The van der Waals surface area contributed by atoms with Crippen LogP contribution in [0.25, 0.3) is 0 Å². The molecule has 0 atom stereocenters. The standard InChI is InChI=1S/C18H21BrN2OS/c1-11-10-12(2)16(21-7-4-5-8-21)13(3)15(11)20-18(22)17-14(19)6-9-23-17/h6,9-10H,4-5,7-8H2,1-3H3,(H,20,22). The first-order valence-electron chi connectivity index (χ1n) is 7.89. The zero-order valence-corrected chi connectivity index (χ0v) is 16.1. The number of carbonyl (C=O) groups excluding carboxylic acids is 1. The fourth-order valence-electron chi connectivity index (χ4n) is 3.42. The predicted molar refractivity (Wildman–Crippen MR) is 102 cm³/mol. The molecule has 1 saturated heterocycles. The van der Waals surface area contributed by atoms with Gasteiger partial charge in [0.1, 0.15) is 4.88 Å². The molecule has 23 heavy (non-hydrogen) atoms. The summed E-state index contributed by atoms with van der Waals surface area (Å²) in [6, 6.07) is 4.09. The Morgan fingerprint density at radius 2 is 1.91 bits per heavy atom. The molecule has 0 aliphatic carbocycles. The highest BCUT2D eigenvalue weighted by atomic mass is 79.9. The van der Waals surface area contributed by atoms with E-state index in [4.69, 9.17) is 0 Å². The molecule has 0 spiro atoms. The van der Waals surface area contributed by atoms with E-state index < -0.39 is 0 Å². The van der Waals surface area contributed by atoms with Crippen molar-refractivity contribution in [3.8, 4) is 0 Å². The summed E-state index contributed by atoms with van der Waals surface area (Å²) in [4.78, 5) is 15.7. The number of aryl methyl sites for hydroxylation is 2. The fraction of sp³-hybridized carbons (Fsp3) is 0.389. The number of nitrogens with one attached hydrogen (secondary N) is 1. The summed E-state index contributed by atoms with van der Waals surface area (Å²) in [5.41, 5.74) is 5.81. The maximum atomic E-state index is 12.6. The largest absolute Gasteiger partial charge is 0.371 e. The van der Waals surface area contributed by atoms with E-state index in [1.165, 1.54) is 41.0 Å². The number of thiophene rings is 1. The van der Waals surface area contributed by atoms with Gasteiger partial charge in [0.05, 0.1) is 0 Å². The Labute approximate surface area is 149 Å². The van der Waals surface area contributed by atoms with Crippen LogP contribution in [0.1, 0.15) is 39.2 Å². The molecule has 1 aliphatic heterocycles. The van der Waals surface area contributed by atoms with Gasteiger partial charge in [-0.05, 0) is 77.7 Å². The van der Waals surface area contributed by atoms with Crippen molar-refractivity contribution in [2.75, 3.05) is 23.3 Å². The first-order chi connectivity index (χ1) is 11.0. The molecule has 2 heterocycles. The van der Waals surface area contributed by atoms with Crippen LogP contribution in [-0.2, 0) is 0 Å². The second-order valence-electron chi connectivity index (χ2n) is 6.10. The Morgan fingerprint density at radius 3 is 2.52 bits per heavy atom. The maximum absolute atomic E-state index is 12.6. The van der Waals surface area contributed by atoms with Crippen molar-refractivity contribution in [1.82, 2.24) is 0 Å². The van der Waals surface area contributed by atoms with Crippen molar-refractivity contribution < 1.29 is 4.79 Å². The number of rotatable bonds is 3. The van der Waals surface area contributed by atoms with Crippen LogP contribution < -0.4 is 10.2 Å². The van der Waals surface area contributed by atoms with Gasteiger partial charge in [-0.2, -0.15) is 0 Å². The summed E-state index contributed by atoms with van der Waals surface area (Å²) < 4.78 is 0.849. The first kappa shape index (κ1) is 16.5. The van der Waals surface area contributed by atoms with E-state index in [0.717, 1.165) is 28.8 Å². The zero-order valence-electron chi connectivity index (χ0n) is 13.7. The lowest BCUT2D eigenvalue weighted by atomic mass is 10.0. The lowest BCUT2D eigenvalue weighted by Gasteiger charge is -2.25. The van der Waals surface area contributed by atoms with Gasteiger partial charge < -0.3 is 10.2 Å². The first-order valence-corrected chi connectivity index (χ1v) is 9.56. The summed E-state index contributed by atoms with van der Waals surface area (Å²) in [6.45, 7) is 8.55. The molecule has 1 amide bonds. The van der Waals surface area contributed by atoms with Crippen LogP contribution in [0.4, 0.5) is 11.4 Å². The van der Waals surface area contributed by atoms with Crippen LogP contribution in [-0.4, -0.2) is 19.0 Å². The average Bonchev–Trinajstić information content (AvgIpc) is 3.14. The molecule has 0 bridgehead atoms. The van der Waals surface area contributed by atoms with Crippen molar-refractivity contribution >= 4 is 44.5 Å². The summed E-state index contributed by atoms with van der Waals surface area (Å²) >= 11 is 4.89. The molecule has 0 saturated carbocycles. The number of hydrogen-bond donors (Lipinski definition) is 1. The van der Waals surface area contributed by atoms with Gasteiger partial charge in [-0.25, -0.2) is 0 Å². The van der Waals surface area contributed by atoms with Crippen molar-refractivity contribution in [3.05, 3.63) is 43.6 Å². The highest BCUT2D eigenvalue weighted by Gasteiger charge is 2.21. The van der Waals surface area contributed by atoms with Gasteiger partial charge in [0.15, 0.2) is 0 Å². The summed E-state index contributed by atoms with van der Waals surface area (Å²) in [7, 11) is 0. The number of carbonyl (C=O) groups is 1. The molecule has 122 valence electrons. The minimum absolute atomic E-state index is 0.0469. The fourth-order valence-corrected chi connectivity index (χ4v) is 4.87. The van der Waals surface area contributed by atoms with Crippen LogP contribution in [0.2, 0.25) is 0 Å². The van der Waals surface area contributed by atoms with Crippen molar-refractivity contribution in [1.29, 1.82) is 0 Å². The Hall–Kier alpha value is -1.33. The van der Waals surface area contributed by atoms with Gasteiger partial charge in [-0.1, -0.05) is 6.07 Å². The van der Waals surface area contributed by atoms with E-state index in [-0.39, 0.29) is 5.91 Å². The number of hydrogen-bond acceptors (Lipinski definition) is 3. The van der Waals surface area contributed by atoms with Crippen molar-refractivity contribution in [2.24, 2.45) is 0 Å². The van der Waals surface area contributed by atoms with Crippen molar-refractivity contribution in [2.45, 2.75) is 33.6 Å². The lowest BCUT2D eigenvalue weighted by Crippen LogP contribution is -2.21. The van der Waals surface area contributed by atoms with Crippen LogP contribution in [0.3, 0.4) is 0 Å². The highest BCUT2D eigenvalue weighted by molar-refractivity contribution is 9.10. The summed E-state index contributed by atoms with van der Waals surface area (Å²) in [6.07, 6.45) is 2.49. The Bertz CT molecular complexity index is 748. The molecule has 2 aromatic rings. The van der Waals surface area contributed by atoms with Crippen LogP contribution in [0, 0.1) is 20.8 Å². The minimum atomic E-state index is -0.0469. The topological polar surface area (TPSA) is 32.3 Å². The quantitative estimate of drug-likeness (QED) is 0.769. The van der Waals surface area contributed by atoms with Crippen LogP contribution in [0.5, 0.6) is 0 Å². The molecule has 1 aromatic heterocycles. The molecule has 3 nitrogen and oxygen atoms in total. The molecule has 1 aliphatic rings.